The second-order valence-corrected chi connectivity index (χ2v) is 4.17. The van der Waals surface area contributed by atoms with Gasteiger partial charge in [0.2, 0.25) is 10.0 Å². The van der Waals surface area contributed by atoms with Gasteiger partial charge in [0, 0.05) is 11.9 Å². The Morgan fingerprint density at radius 1 is 1.42 bits per heavy atom. The summed E-state index contributed by atoms with van der Waals surface area (Å²) < 4.78 is 21.8. The van der Waals surface area contributed by atoms with Gasteiger partial charge in [-0.25, -0.2) is 13.6 Å². The van der Waals surface area contributed by atoms with Gasteiger partial charge in [0.15, 0.2) is 0 Å². The minimum atomic E-state index is -3.61. The molecule has 5 heteroatoms. The van der Waals surface area contributed by atoms with Crippen molar-refractivity contribution in [3.63, 3.8) is 0 Å². The fourth-order valence-corrected chi connectivity index (χ4v) is 1.69. The van der Waals surface area contributed by atoms with Gasteiger partial charge in [0.1, 0.15) is 4.90 Å². The van der Waals surface area contributed by atoms with E-state index in [9.17, 15) is 8.42 Å². The molecule has 0 aliphatic carbocycles. The molecule has 4 nitrogen and oxygen atoms in total. The van der Waals surface area contributed by atoms with Gasteiger partial charge in [0.25, 0.3) is 0 Å². The summed E-state index contributed by atoms with van der Waals surface area (Å²) in [7, 11) is -3.61. The molecule has 1 heterocycles. The third-order valence-electron chi connectivity index (χ3n) is 1.51. The van der Waals surface area contributed by atoms with Crippen molar-refractivity contribution in [1.82, 2.24) is 4.98 Å². The Hall–Kier alpha value is -0.940. The predicted molar refractivity (Wildman–Crippen MR) is 45.1 cm³/mol. The number of primary sulfonamides is 1. The molecule has 0 spiro atoms. The molecule has 0 atom stereocenters. The zero-order valence-electron chi connectivity index (χ0n) is 6.90. The van der Waals surface area contributed by atoms with E-state index in [1.54, 1.807) is 19.9 Å². The van der Waals surface area contributed by atoms with Gasteiger partial charge in [-0.2, -0.15) is 0 Å². The molecule has 0 aliphatic rings. The van der Waals surface area contributed by atoms with Crippen molar-refractivity contribution >= 4 is 10.0 Å². The van der Waals surface area contributed by atoms with Crippen LogP contribution in [0.1, 0.15) is 11.3 Å². The molecule has 0 aliphatic heterocycles. The molecule has 0 fully saturated rings. The predicted octanol–water partition coefficient (Wildman–Crippen LogP) is 0.346. The van der Waals surface area contributed by atoms with Gasteiger partial charge < -0.3 is 0 Å². The maximum Gasteiger partial charge on any atom is 0.239 e. The third-order valence-corrected chi connectivity index (χ3v) is 2.55. The van der Waals surface area contributed by atoms with Crippen LogP contribution in [-0.2, 0) is 10.0 Å². The summed E-state index contributed by atoms with van der Waals surface area (Å²) in [6.45, 7) is 3.48. The molecule has 1 aromatic heterocycles. The Balaban J connectivity index is 3.39. The highest BCUT2D eigenvalue weighted by Gasteiger charge is 2.10. The van der Waals surface area contributed by atoms with Gasteiger partial charge in [-0.3, -0.25) is 4.98 Å². The Labute approximate surface area is 71.5 Å². The van der Waals surface area contributed by atoms with Crippen molar-refractivity contribution in [3.05, 3.63) is 23.5 Å². The lowest BCUT2D eigenvalue weighted by molar-refractivity contribution is 0.596. The fraction of sp³-hybridized carbons (Fsp3) is 0.286. The SMILES string of the molecule is Cc1cc(C)c(S(N)(=O)=O)cn1. The topological polar surface area (TPSA) is 73.1 Å². The Morgan fingerprint density at radius 2 is 2.00 bits per heavy atom. The van der Waals surface area contributed by atoms with Crippen LogP contribution in [0.25, 0.3) is 0 Å². The van der Waals surface area contributed by atoms with Gasteiger partial charge in [-0.15, -0.1) is 0 Å². The number of nitrogens with zero attached hydrogens (tertiary/aromatic N) is 1. The van der Waals surface area contributed by atoms with Crippen LogP contribution >= 0.6 is 0 Å². The van der Waals surface area contributed by atoms with E-state index in [0.29, 0.717) is 5.56 Å². The summed E-state index contributed by atoms with van der Waals surface area (Å²) in [4.78, 5) is 3.94. The number of rotatable bonds is 1. The van der Waals surface area contributed by atoms with Crippen LogP contribution in [0, 0.1) is 13.8 Å². The number of sulfonamides is 1. The first kappa shape index (κ1) is 9.15. The first-order chi connectivity index (χ1) is 5.41. The Bertz CT molecular complexity index is 398. The second-order valence-electron chi connectivity index (χ2n) is 2.64. The maximum absolute atomic E-state index is 10.9. The van der Waals surface area contributed by atoms with E-state index in [0.717, 1.165) is 5.69 Å². The van der Waals surface area contributed by atoms with Crippen LogP contribution in [0.5, 0.6) is 0 Å². The summed E-state index contributed by atoms with van der Waals surface area (Å²) in [5.74, 6) is 0. The number of hydrogen-bond acceptors (Lipinski definition) is 3. The molecule has 0 saturated heterocycles. The monoisotopic (exact) mass is 186 g/mol. The molecule has 1 rings (SSSR count). The Morgan fingerprint density at radius 3 is 2.42 bits per heavy atom. The normalized spacial score (nSPS) is 11.6. The lowest BCUT2D eigenvalue weighted by Gasteiger charge is -2.02. The summed E-state index contributed by atoms with van der Waals surface area (Å²) >= 11 is 0. The minimum absolute atomic E-state index is 0.0908. The molecule has 0 amide bonds. The molecule has 0 radical (unpaired) electrons. The minimum Gasteiger partial charge on any atom is -0.260 e. The molecule has 0 bridgehead atoms. The van der Waals surface area contributed by atoms with Crippen LogP contribution in [0.3, 0.4) is 0 Å². The van der Waals surface area contributed by atoms with E-state index in [2.05, 4.69) is 4.98 Å². The molecular formula is C7H10N2O2S. The quantitative estimate of drug-likeness (QED) is 0.687. The van der Waals surface area contributed by atoms with E-state index in [1.807, 2.05) is 0 Å². The lowest BCUT2D eigenvalue weighted by atomic mass is 10.2. The molecule has 66 valence electrons. The van der Waals surface area contributed by atoms with Gasteiger partial charge in [0.05, 0.1) is 0 Å². The average Bonchev–Trinajstić information content (AvgIpc) is 1.83. The van der Waals surface area contributed by atoms with Crippen molar-refractivity contribution < 1.29 is 8.42 Å². The van der Waals surface area contributed by atoms with E-state index in [1.165, 1.54) is 6.20 Å². The molecule has 0 aromatic carbocycles. The summed E-state index contributed by atoms with van der Waals surface area (Å²) in [5.41, 5.74) is 1.41. The zero-order valence-corrected chi connectivity index (χ0v) is 7.72. The van der Waals surface area contributed by atoms with Crippen LogP contribution in [0.2, 0.25) is 0 Å². The third kappa shape index (κ3) is 1.80. The van der Waals surface area contributed by atoms with Crippen molar-refractivity contribution in [2.24, 2.45) is 5.14 Å². The number of aromatic nitrogens is 1. The fourth-order valence-electron chi connectivity index (χ4n) is 0.982. The molecule has 1 aromatic rings. The highest BCUT2D eigenvalue weighted by Crippen LogP contribution is 2.11. The highest BCUT2D eigenvalue weighted by molar-refractivity contribution is 7.89. The lowest BCUT2D eigenvalue weighted by Crippen LogP contribution is -2.14. The first-order valence-corrected chi connectivity index (χ1v) is 4.92. The van der Waals surface area contributed by atoms with Crippen LogP contribution in [0.4, 0.5) is 0 Å². The second kappa shape index (κ2) is 2.84. The van der Waals surface area contributed by atoms with Crippen LogP contribution in [0.15, 0.2) is 17.2 Å². The molecule has 0 saturated carbocycles. The van der Waals surface area contributed by atoms with Crippen molar-refractivity contribution in [3.8, 4) is 0 Å². The van der Waals surface area contributed by atoms with Gasteiger partial charge in [-0.05, 0) is 25.5 Å². The van der Waals surface area contributed by atoms with E-state index >= 15 is 0 Å². The van der Waals surface area contributed by atoms with Gasteiger partial charge in [-0.1, -0.05) is 0 Å². The molecular weight excluding hydrogens is 176 g/mol. The molecule has 12 heavy (non-hydrogen) atoms. The van der Waals surface area contributed by atoms with E-state index in [4.69, 9.17) is 5.14 Å². The number of aryl methyl sites for hydroxylation is 2. The van der Waals surface area contributed by atoms with E-state index < -0.39 is 10.0 Å². The van der Waals surface area contributed by atoms with Crippen molar-refractivity contribution in [2.45, 2.75) is 18.7 Å². The first-order valence-electron chi connectivity index (χ1n) is 3.37. The Kier molecular flexibility index (Phi) is 2.16. The standard InChI is InChI=1S/C7H10N2O2S/c1-5-3-6(2)9-4-7(5)12(8,10)11/h3-4H,1-2H3,(H2,8,10,11). The maximum atomic E-state index is 10.9. The van der Waals surface area contributed by atoms with Gasteiger partial charge >= 0.3 is 0 Å². The zero-order chi connectivity index (χ0) is 9.35. The van der Waals surface area contributed by atoms with Crippen LogP contribution in [-0.4, -0.2) is 13.4 Å². The summed E-state index contributed by atoms with van der Waals surface area (Å²) in [5, 5.41) is 4.94. The van der Waals surface area contributed by atoms with Crippen molar-refractivity contribution in [1.29, 1.82) is 0 Å². The summed E-state index contributed by atoms with van der Waals surface area (Å²) in [6.07, 6.45) is 1.28. The molecule has 2 N–H and O–H groups in total. The number of nitrogens with two attached hydrogens (primary N) is 1. The van der Waals surface area contributed by atoms with Crippen LogP contribution < -0.4 is 5.14 Å². The average molecular weight is 186 g/mol. The number of pyridine rings is 1. The number of hydrogen-bond donors (Lipinski definition) is 1. The molecule has 0 unspecified atom stereocenters. The highest BCUT2D eigenvalue weighted by atomic mass is 32.2. The van der Waals surface area contributed by atoms with E-state index in [-0.39, 0.29) is 4.90 Å². The summed E-state index contributed by atoms with van der Waals surface area (Å²) in [6, 6.07) is 1.68. The largest absolute Gasteiger partial charge is 0.260 e. The smallest absolute Gasteiger partial charge is 0.239 e. The van der Waals surface area contributed by atoms with Crippen molar-refractivity contribution in [2.75, 3.05) is 0 Å².